The van der Waals surface area contributed by atoms with E-state index in [1.165, 1.54) is 12.1 Å². The van der Waals surface area contributed by atoms with Crippen molar-refractivity contribution < 1.29 is 24.2 Å². The highest BCUT2D eigenvalue weighted by atomic mass is 35.5. The average Bonchev–Trinajstić information content (AvgIpc) is 3.18. The van der Waals surface area contributed by atoms with E-state index in [4.69, 9.17) is 27.9 Å². The monoisotopic (exact) mass is 594 g/mol. The lowest BCUT2D eigenvalue weighted by Crippen LogP contribution is -2.29. The van der Waals surface area contributed by atoms with Crippen LogP contribution < -0.4 is 4.74 Å². The fourth-order valence-electron chi connectivity index (χ4n) is 4.58. The molecule has 0 spiro atoms. The SMILES string of the molecule is Cc1cccc(COc2ccn3c(C(=O)c4ccc(Cl)cc4Cl)c(CC(C)(C)C(=O)O)c(C(=O)C(C)(C)C)c3c2)n1. The number of aliphatic carboxylic acids is 1. The number of rotatable bonds is 9. The van der Waals surface area contributed by atoms with E-state index >= 15 is 0 Å². The largest absolute Gasteiger partial charge is 0.487 e. The topological polar surface area (TPSA) is 98.0 Å². The Bertz CT molecular complexity index is 1680. The van der Waals surface area contributed by atoms with E-state index < -0.39 is 22.6 Å². The molecule has 41 heavy (non-hydrogen) atoms. The summed E-state index contributed by atoms with van der Waals surface area (Å²) in [5.41, 5.74) is 0.888. The Kier molecular flexibility index (Phi) is 8.35. The van der Waals surface area contributed by atoms with Gasteiger partial charge in [0, 0.05) is 39.5 Å². The first kappa shape index (κ1) is 30.3. The minimum atomic E-state index is -1.28. The number of carboxylic acids is 1. The van der Waals surface area contributed by atoms with E-state index in [2.05, 4.69) is 4.98 Å². The molecule has 0 aliphatic carbocycles. The molecule has 3 heterocycles. The summed E-state index contributed by atoms with van der Waals surface area (Å²) in [7, 11) is 0. The molecule has 0 amide bonds. The van der Waals surface area contributed by atoms with Gasteiger partial charge in [-0.05, 0) is 69.2 Å². The van der Waals surface area contributed by atoms with Crippen LogP contribution >= 0.6 is 23.2 Å². The first-order chi connectivity index (χ1) is 19.1. The summed E-state index contributed by atoms with van der Waals surface area (Å²) in [4.78, 5) is 44.8. The van der Waals surface area contributed by atoms with E-state index in [0.717, 1.165) is 11.4 Å². The summed E-state index contributed by atoms with van der Waals surface area (Å²) in [5, 5.41) is 10.5. The van der Waals surface area contributed by atoms with Crippen molar-refractivity contribution in [1.82, 2.24) is 9.38 Å². The molecule has 0 saturated carbocycles. The summed E-state index contributed by atoms with van der Waals surface area (Å²) in [6, 6.07) is 13.6. The minimum Gasteiger partial charge on any atom is -0.487 e. The number of carbonyl (C=O) groups is 3. The van der Waals surface area contributed by atoms with E-state index in [9.17, 15) is 19.5 Å². The highest BCUT2D eigenvalue weighted by Gasteiger charge is 2.38. The Morgan fingerprint density at radius 2 is 1.71 bits per heavy atom. The van der Waals surface area contributed by atoms with Crippen molar-refractivity contribution in [2.75, 3.05) is 0 Å². The summed E-state index contributed by atoms with van der Waals surface area (Å²) >= 11 is 12.5. The lowest BCUT2D eigenvalue weighted by Gasteiger charge is -2.22. The van der Waals surface area contributed by atoms with E-state index in [1.54, 1.807) is 63.4 Å². The number of hydrogen-bond donors (Lipinski definition) is 1. The fourth-order valence-corrected chi connectivity index (χ4v) is 5.07. The van der Waals surface area contributed by atoms with Gasteiger partial charge in [-0.3, -0.25) is 19.4 Å². The number of benzene rings is 1. The number of ether oxygens (including phenoxy) is 1. The molecule has 9 heteroatoms. The van der Waals surface area contributed by atoms with Crippen molar-refractivity contribution in [3.05, 3.63) is 98.5 Å². The van der Waals surface area contributed by atoms with Crippen LogP contribution in [0.1, 0.15) is 78.0 Å². The van der Waals surface area contributed by atoms with Gasteiger partial charge in [0.15, 0.2) is 5.78 Å². The maximum absolute atomic E-state index is 14.1. The van der Waals surface area contributed by atoms with Crippen LogP contribution in [0.4, 0.5) is 0 Å². The molecule has 0 bridgehead atoms. The molecule has 3 aromatic heterocycles. The lowest BCUT2D eigenvalue weighted by atomic mass is 9.79. The molecular weight excluding hydrogens is 563 g/mol. The number of aromatic nitrogens is 2. The molecule has 0 saturated heterocycles. The number of hydrogen-bond acceptors (Lipinski definition) is 5. The third-order valence-corrected chi connectivity index (χ3v) is 7.39. The fraction of sp³-hybridized carbons (Fsp3) is 0.312. The predicted molar refractivity (Wildman–Crippen MR) is 160 cm³/mol. The van der Waals surface area contributed by atoms with Gasteiger partial charge >= 0.3 is 5.97 Å². The molecule has 1 aromatic carbocycles. The molecule has 214 valence electrons. The number of fused-ring (bicyclic) bond motifs is 1. The lowest BCUT2D eigenvalue weighted by molar-refractivity contribution is -0.146. The third-order valence-electron chi connectivity index (χ3n) is 6.84. The summed E-state index contributed by atoms with van der Waals surface area (Å²) in [6.07, 6.45) is 1.58. The second-order valence-corrected chi connectivity index (χ2v) is 12.6. The first-order valence-electron chi connectivity index (χ1n) is 13.1. The average molecular weight is 596 g/mol. The van der Waals surface area contributed by atoms with E-state index in [-0.39, 0.29) is 40.7 Å². The normalized spacial score (nSPS) is 12.0. The maximum Gasteiger partial charge on any atom is 0.309 e. The predicted octanol–water partition coefficient (Wildman–Crippen LogP) is 7.64. The molecule has 0 atom stereocenters. The number of halogens is 2. The number of carboxylic acid groups (broad SMARTS) is 1. The van der Waals surface area contributed by atoms with Crippen LogP contribution in [0.15, 0.2) is 54.7 Å². The number of nitrogens with zero attached hydrogens (tertiary/aromatic N) is 2. The Balaban J connectivity index is 1.98. The van der Waals surface area contributed by atoms with Gasteiger partial charge in [0.25, 0.3) is 0 Å². The number of Topliss-reactive ketones (excluding diaryl/α,β-unsaturated/α-hetero) is 1. The van der Waals surface area contributed by atoms with Gasteiger partial charge in [0.2, 0.25) is 5.78 Å². The summed E-state index contributed by atoms with van der Waals surface area (Å²) in [6.45, 7) is 10.6. The molecule has 1 N–H and O–H groups in total. The van der Waals surface area contributed by atoms with Gasteiger partial charge in [-0.1, -0.05) is 50.0 Å². The van der Waals surface area contributed by atoms with Crippen molar-refractivity contribution in [1.29, 1.82) is 0 Å². The van der Waals surface area contributed by atoms with Crippen LogP contribution in [0.3, 0.4) is 0 Å². The summed E-state index contributed by atoms with van der Waals surface area (Å²) in [5.74, 6) is -1.28. The molecule has 4 aromatic rings. The van der Waals surface area contributed by atoms with Gasteiger partial charge in [-0.25, -0.2) is 0 Å². The molecule has 4 rings (SSSR count). The van der Waals surface area contributed by atoms with Gasteiger partial charge in [0.1, 0.15) is 12.4 Å². The quantitative estimate of drug-likeness (QED) is 0.200. The third kappa shape index (κ3) is 6.31. The smallest absolute Gasteiger partial charge is 0.309 e. The molecule has 0 aliphatic heterocycles. The van der Waals surface area contributed by atoms with Gasteiger partial charge in [-0.15, -0.1) is 0 Å². The Morgan fingerprint density at radius 3 is 2.32 bits per heavy atom. The van der Waals surface area contributed by atoms with Crippen LogP contribution in [0, 0.1) is 17.8 Å². The van der Waals surface area contributed by atoms with E-state index in [1.807, 2.05) is 25.1 Å². The van der Waals surface area contributed by atoms with Crippen LogP contribution in [0.5, 0.6) is 5.75 Å². The van der Waals surface area contributed by atoms with Crippen molar-refractivity contribution in [2.45, 2.75) is 54.6 Å². The molecule has 0 unspecified atom stereocenters. The van der Waals surface area contributed by atoms with E-state index in [0.29, 0.717) is 21.9 Å². The van der Waals surface area contributed by atoms with Gasteiger partial charge < -0.3 is 14.2 Å². The van der Waals surface area contributed by atoms with Crippen molar-refractivity contribution in [2.24, 2.45) is 10.8 Å². The second kappa shape index (κ2) is 11.3. The summed E-state index contributed by atoms with van der Waals surface area (Å²) < 4.78 is 7.66. The van der Waals surface area contributed by atoms with Crippen LogP contribution in [0.2, 0.25) is 10.0 Å². The molecule has 0 radical (unpaired) electrons. The Morgan fingerprint density at radius 1 is 1.00 bits per heavy atom. The number of carbonyl (C=O) groups excluding carboxylic acids is 2. The van der Waals surface area contributed by atoms with Crippen molar-refractivity contribution in [3.8, 4) is 5.75 Å². The van der Waals surface area contributed by atoms with Crippen LogP contribution in [0.25, 0.3) is 5.52 Å². The van der Waals surface area contributed by atoms with Gasteiger partial charge in [-0.2, -0.15) is 0 Å². The number of ketones is 2. The van der Waals surface area contributed by atoms with Crippen LogP contribution in [-0.4, -0.2) is 32.0 Å². The molecule has 0 aliphatic rings. The van der Waals surface area contributed by atoms with Crippen LogP contribution in [-0.2, 0) is 17.8 Å². The Hall–Kier alpha value is -3.68. The first-order valence-corrected chi connectivity index (χ1v) is 13.9. The highest BCUT2D eigenvalue weighted by Crippen LogP contribution is 2.38. The highest BCUT2D eigenvalue weighted by molar-refractivity contribution is 6.37. The number of pyridine rings is 2. The minimum absolute atomic E-state index is 0.0726. The van der Waals surface area contributed by atoms with Gasteiger partial charge in [0.05, 0.1) is 27.3 Å². The zero-order valence-corrected chi connectivity index (χ0v) is 25.4. The zero-order chi connectivity index (χ0) is 30.3. The molecule has 7 nitrogen and oxygen atoms in total. The van der Waals surface area contributed by atoms with Crippen molar-refractivity contribution in [3.63, 3.8) is 0 Å². The molecular formula is C32H32Cl2N2O5. The Labute approximate surface area is 249 Å². The molecule has 0 fully saturated rings. The standard InChI is InChI=1S/C32H32Cl2N2O5/c1-18-8-7-9-20(35-18)17-41-21-12-13-36-25(15-21)26(29(38)31(2,3)4)23(16-32(5,6)30(39)40)27(36)28(37)22-11-10-19(33)14-24(22)34/h7-15H,16-17H2,1-6H3,(H,39,40). The second-order valence-electron chi connectivity index (χ2n) is 11.8. The maximum atomic E-state index is 14.1. The zero-order valence-electron chi connectivity index (χ0n) is 23.8. The number of aryl methyl sites for hydroxylation is 1. The van der Waals surface area contributed by atoms with Crippen molar-refractivity contribution >= 4 is 46.3 Å².